The first-order chi connectivity index (χ1) is 18.2. The average Bonchev–Trinajstić information content (AvgIpc) is 3.22. The number of aryl methyl sites for hydroxylation is 1. The molecule has 1 atom stereocenters. The monoisotopic (exact) mass is 508 g/mol. The molecular weight excluding hydrogens is 476 g/mol. The van der Waals surface area contributed by atoms with Crippen molar-refractivity contribution in [1.29, 1.82) is 0 Å². The summed E-state index contributed by atoms with van der Waals surface area (Å²) >= 11 is 0. The number of carbonyl (C=O) groups excluding carboxylic acids is 2. The molecule has 38 heavy (non-hydrogen) atoms. The fourth-order valence-electron chi connectivity index (χ4n) is 5.18. The van der Waals surface area contributed by atoms with Gasteiger partial charge in [0, 0.05) is 42.5 Å². The molecular formula is C30H32N6O2. The predicted molar refractivity (Wildman–Crippen MR) is 152 cm³/mol. The van der Waals surface area contributed by atoms with Gasteiger partial charge in [-0.05, 0) is 61.1 Å². The molecule has 1 aliphatic heterocycles. The highest BCUT2D eigenvalue weighted by Gasteiger charge is 2.24. The predicted octanol–water partition coefficient (Wildman–Crippen LogP) is 5.27. The van der Waals surface area contributed by atoms with E-state index in [1.54, 1.807) is 6.92 Å². The zero-order chi connectivity index (χ0) is 27.0. The third-order valence-electron chi connectivity index (χ3n) is 7.17. The maximum absolute atomic E-state index is 13.1. The second-order valence-corrected chi connectivity index (χ2v) is 10.1. The Morgan fingerprint density at radius 1 is 1.05 bits per heavy atom. The molecule has 2 aromatic carbocycles. The van der Waals surface area contributed by atoms with Gasteiger partial charge in [0.25, 0.3) is 11.8 Å². The van der Waals surface area contributed by atoms with Crippen LogP contribution in [-0.4, -0.2) is 44.3 Å². The molecule has 1 aliphatic rings. The number of nitrogen functional groups attached to an aromatic ring is 1. The molecule has 8 heteroatoms. The molecule has 2 amide bonds. The quantitative estimate of drug-likeness (QED) is 0.357. The van der Waals surface area contributed by atoms with Gasteiger partial charge in [-0.3, -0.25) is 9.59 Å². The summed E-state index contributed by atoms with van der Waals surface area (Å²) in [5.74, 6) is 0.754. The van der Waals surface area contributed by atoms with Crippen molar-refractivity contribution in [3.63, 3.8) is 0 Å². The summed E-state index contributed by atoms with van der Waals surface area (Å²) in [5, 5.41) is 3.60. The maximum Gasteiger partial charge on any atom is 0.253 e. The lowest BCUT2D eigenvalue weighted by Crippen LogP contribution is -2.39. The lowest BCUT2D eigenvalue weighted by Gasteiger charge is -2.31. The molecule has 0 spiro atoms. The molecule has 3 N–H and O–H groups in total. The molecule has 3 heterocycles. The highest BCUT2D eigenvalue weighted by Crippen LogP contribution is 2.41. The van der Waals surface area contributed by atoms with Gasteiger partial charge in [-0.25, -0.2) is 9.97 Å². The summed E-state index contributed by atoms with van der Waals surface area (Å²) in [7, 11) is 1.94. The van der Waals surface area contributed by atoms with E-state index in [0.717, 1.165) is 53.7 Å². The minimum Gasteiger partial charge on any atom is -0.383 e. The first-order valence-corrected chi connectivity index (χ1v) is 12.8. The van der Waals surface area contributed by atoms with Gasteiger partial charge in [-0.15, -0.1) is 0 Å². The van der Waals surface area contributed by atoms with E-state index < -0.39 is 0 Å². The summed E-state index contributed by atoms with van der Waals surface area (Å²) in [6.07, 6.45) is 3.67. The molecule has 0 bridgehead atoms. The van der Waals surface area contributed by atoms with Crippen molar-refractivity contribution < 1.29 is 9.59 Å². The number of piperidine rings is 1. The summed E-state index contributed by atoms with van der Waals surface area (Å²) in [6, 6.07) is 15.3. The molecule has 1 fully saturated rings. The SMILES string of the molecule is C=C(C)C(=O)Nc1ccc(-c2c(-c3ccc(C(=O)N4CCCC(C)C4)cc3)c3c(N)ncnc3n2C)cc1. The Balaban J connectivity index is 1.56. The Kier molecular flexibility index (Phi) is 6.72. The smallest absolute Gasteiger partial charge is 0.253 e. The Morgan fingerprint density at radius 3 is 2.39 bits per heavy atom. The van der Waals surface area contributed by atoms with Gasteiger partial charge in [0.15, 0.2) is 0 Å². The van der Waals surface area contributed by atoms with Crippen molar-refractivity contribution in [2.45, 2.75) is 26.7 Å². The maximum atomic E-state index is 13.1. The number of anilines is 2. The summed E-state index contributed by atoms with van der Waals surface area (Å²) in [4.78, 5) is 35.9. The average molecular weight is 509 g/mol. The number of fused-ring (bicyclic) bond motifs is 1. The van der Waals surface area contributed by atoms with Crippen LogP contribution in [0.25, 0.3) is 33.4 Å². The Labute approximate surface area is 222 Å². The number of nitrogens with zero attached hydrogens (tertiary/aromatic N) is 4. The van der Waals surface area contributed by atoms with E-state index in [1.807, 2.05) is 65.0 Å². The van der Waals surface area contributed by atoms with Crippen LogP contribution in [-0.2, 0) is 11.8 Å². The number of carbonyl (C=O) groups is 2. The number of benzene rings is 2. The highest BCUT2D eigenvalue weighted by atomic mass is 16.2. The van der Waals surface area contributed by atoms with E-state index in [1.165, 1.54) is 6.33 Å². The fourth-order valence-corrected chi connectivity index (χ4v) is 5.18. The van der Waals surface area contributed by atoms with Gasteiger partial charge in [0.1, 0.15) is 17.8 Å². The number of amides is 2. The van der Waals surface area contributed by atoms with Crippen LogP contribution in [0.15, 0.2) is 67.0 Å². The van der Waals surface area contributed by atoms with Crippen LogP contribution < -0.4 is 11.1 Å². The Hall–Kier alpha value is -4.46. The van der Waals surface area contributed by atoms with Gasteiger partial charge in [-0.2, -0.15) is 0 Å². The van der Waals surface area contributed by atoms with Crippen molar-refractivity contribution in [3.8, 4) is 22.4 Å². The van der Waals surface area contributed by atoms with E-state index in [0.29, 0.717) is 34.2 Å². The second kappa shape index (κ2) is 10.1. The van der Waals surface area contributed by atoms with Crippen LogP contribution in [0.4, 0.5) is 11.5 Å². The lowest BCUT2D eigenvalue weighted by molar-refractivity contribution is -0.112. The van der Waals surface area contributed by atoms with Gasteiger partial charge in [0.2, 0.25) is 0 Å². The number of hydrogen-bond donors (Lipinski definition) is 2. The van der Waals surface area contributed by atoms with Gasteiger partial charge < -0.3 is 20.5 Å². The summed E-state index contributed by atoms with van der Waals surface area (Å²) < 4.78 is 2.00. The van der Waals surface area contributed by atoms with Crippen molar-refractivity contribution in [1.82, 2.24) is 19.4 Å². The summed E-state index contributed by atoms with van der Waals surface area (Å²) in [5.41, 5.74) is 12.5. The molecule has 0 radical (unpaired) electrons. The topological polar surface area (TPSA) is 106 Å². The minimum atomic E-state index is -0.222. The van der Waals surface area contributed by atoms with Crippen molar-refractivity contribution in [2.75, 3.05) is 24.1 Å². The number of rotatable bonds is 5. The largest absolute Gasteiger partial charge is 0.383 e. The first kappa shape index (κ1) is 25.2. The minimum absolute atomic E-state index is 0.0662. The zero-order valence-electron chi connectivity index (χ0n) is 22.0. The van der Waals surface area contributed by atoms with Crippen LogP contribution in [0.3, 0.4) is 0 Å². The van der Waals surface area contributed by atoms with E-state index in [-0.39, 0.29) is 11.8 Å². The van der Waals surface area contributed by atoms with Crippen LogP contribution in [0.5, 0.6) is 0 Å². The highest BCUT2D eigenvalue weighted by molar-refractivity contribution is 6.08. The van der Waals surface area contributed by atoms with E-state index in [9.17, 15) is 9.59 Å². The van der Waals surface area contributed by atoms with Gasteiger partial charge >= 0.3 is 0 Å². The molecule has 1 unspecified atom stereocenters. The lowest BCUT2D eigenvalue weighted by atomic mass is 9.96. The number of aromatic nitrogens is 3. The third-order valence-corrected chi connectivity index (χ3v) is 7.17. The molecule has 2 aromatic heterocycles. The van der Waals surface area contributed by atoms with E-state index in [4.69, 9.17) is 5.73 Å². The van der Waals surface area contributed by atoms with Crippen LogP contribution in [0.1, 0.15) is 37.0 Å². The molecule has 8 nitrogen and oxygen atoms in total. The zero-order valence-corrected chi connectivity index (χ0v) is 22.0. The first-order valence-electron chi connectivity index (χ1n) is 12.8. The molecule has 4 aromatic rings. The number of nitrogens with one attached hydrogen (secondary N) is 1. The fraction of sp³-hybridized carbons (Fsp3) is 0.267. The van der Waals surface area contributed by atoms with E-state index >= 15 is 0 Å². The van der Waals surface area contributed by atoms with E-state index in [2.05, 4.69) is 28.8 Å². The van der Waals surface area contributed by atoms with Crippen molar-refractivity contribution in [3.05, 3.63) is 72.6 Å². The second-order valence-electron chi connectivity index (χ2n) is 10.1. The molecule has 5 rings (SSSR count). The molecule has 194 valence electrons. The Morgan fingerprint density at radius 2 is 1.74 bits per heavy atom. The number of likely N-dealkylation sites (tertiary alicyclic amines) is 1. The molecule has 0 saturated carbocycles. The van der Waals surface area contributed by atoms with Gasteiger partial charge in [-0.1, -0.05) is 37.8 Å². The molecule has 0 aliphatic carbocycles. The van der Waals surface area contributed by atoms with Crippen molar-refractivity contribution in [2.24, 2.45) is 13.0 Å². The number of nitrogens with two attached hydrogens (primary N) is 1. The van der Waals surface area contributed by atoms with Crippen molar-refractivity contribution >= 4 is 34.4 Å². The van der Waals surface area contributed by atoms with Crippen LogP contribution in [0.2, 0.25) is 0 Å². The van der Waals surface area contributed by atoms with Gasteiger partial charge in [0.05, 0.1) is 11.1 Å². The number of hydrogen-bond acceptors (Lipinski definition) is 5. The standard InChI is InChI=1S/C30H32N6O2/c1-18(2)29(37)34-23-13-11-21(12-14-23)26-24(25-27(31)32-17-33-28(25)35(26)4)20-7-9-22(10-8-20)30(38)36-15-5-6-19(3)16-36/h7-14,17,19H,1,5-6,15-16H2,2-4H3,(H,34,37)(H2,31,32,33). The Bertz CT molecular complexity index is 1540. The van der Waals surface area contributed by atoms with Crippen LogP contribution in [0, 0.1) is 5.92 Å². The molecule has 1 saturated heterocycles. The third kappa shape index (κ3) is 4.65. The summed E-state index contributed by atoms with van der Waals surface area (Å²) in [6.45, 7) is 9.15. The van der Waals surface area contributed by atoms with Crippen LogP contribution >= 0.6 is 0 Å². The normalized spacial score (nSPS) is 15.4.